The van der Waals surface area contributed by atoms with Crippen molar-refractivity contribution >= 4 is 21.8 Å². The van der Waals surface area contributed by atoms with E-state index >= 15 is 0 Å². The molecule has 0 saturated heterocycles. The minimum absolute atomic E-state index is 0.0504. The van der Waals surface area contributed by atoms with Crippen LogP contribution in [0.1, 0.15) is 17.2 Å². The Labute approximate surface area is 155 Å². The first-order valence-electron chi connectivity index (χ1n) is 7.85. The first-order chi connectivity index (χ1) is 12.2. The fraction of sp³-hybridized carbons (Fsp3) is 0.100. The van der Waals surface area contributed by atoms with Gasteiger partial charge in [0.05, 0.1) is 6.04 Å². The molecule has 0 fully saturated rings. The molecule has 3 aromatic rings. The summed E-state index contributed by atoms with van der Waals surface area (Å²) in [7, 11) is 0. The lowest BCUT2D eigenvalue weighted by Gasteiger charge is -2.19. The number of rotatable bonds is 6. The van der Waals surface area contributed by atoms with Gasteiger partial charge in [-0.3, -0.25) is 9.78 Å². The molecule has 0 aliphatic carbocycles. The van der Waals surface area contributed by atoms with E-state index in [1.54, 1.807) is 12.4 Å². The number of carbonyl (C=O) groups is 1. The molecular formula is C20H17BrN2O2. The smallest absolute Gasteiger partial charge is 0.258 e. The number of nitrogens with zero attached hydrogens (tertiary/aromatic N) is 1. The van der Waals surface area contributed by atoms with Crippen molar-refractivity contribution in [3.63, 3.8) is 0 Å². The molecule has 2 aromatic carbocycles. The van der Waals surface area contributed by atoms with Gasteiger partial charge in [-0.05, 0) is 41.5 Å². The maximum absolute atomic E-state index is 12.4. The molecule has 0 saturated carbocycles. The van der Waals surface area contributed by atoms with Crippen LogP contribution in [0.15, 0.2) is 83.6 Å². The summed E-state index contributed by atoms with van der Waals surface area (Å²) in [6.07, 6.45) is 3.47. The zero-order chi connectivity index (χ0) is 17.5. The zero-order valence-electron chi connectivity index (χ0n) is 13.4. The van der Waals surface area contributed by atoms with E-state index in [1.807, 2.05) is 66.7 Å². The standard InChI is InChI=1S/C20H17BrN2O2/c21-17-8-10-18(11-9-17)25-14-19(24)23-20(15-5-2-1-3-6-15)16-7-4-12-22-13-16/h1-13,20H,14H2,(H,23,24)/t20-/m0/s1. The summed E-state index contributed by atoms with van der Waals surface area (Å²) in [6, 6.07) is 20.7. The van der Waals surface area contributed by atoms with Gasteiger partial charge < -0.3 is 10.1 Å². The topological polar surface area (TPSA) is 51.2 Å². The number of hydrogen-bond acceptors (Lipinski definition) is 3. The van der Waals surface area contributed by atoms with Crippen molar-refractivity contribution in [1.29, 1.82) is 0 Å². The molecule has 0 aliphatic heterocycles. The SMILES string of the molecule is O=C(COc1ccc(Br)cc1)N[C@@H](c1ccccc1)c1cccnc1. The van der Waals surface area contributed by atoms with E-state index in [0.29, 0.717) is 5.75 Å². The van der Waals surface area contributed by atoms with Crippen LogP contribution in [0.4, 0.5) is 0 Å². The van der Waals surface area contributed by atoms with Crippen LogP contribution in [0.5, 0.6) is 5.75 Å². The number of pyridine rings is 1. The quantitative estimate of drug-likeness (QED) is 0.681. The average molecular weight is 397 g/mol. The fourth-order valence-corrected chi connectivity index (χ4v) is 2.70. The lowest BCUT2D eigenvalue weighted by atomic mass is 10.0. The molecule has 1 amide bonds. The van der Waals surface area contributed by atoms with Crippen molar-refractivity contribution in [2.24, 2.45) is 0 Å². The Morgan fingerprint density at radius 1 is 1.00 bits per heavy atom. The third kappa shape index (κ3) is 4.90. The van der Waals surface area contributed by atoms with Gasteiger partial charge >= 0.3 is 0 Å². The first kappa shape index (κ1) is 17.2. The van der Waals surface area contributed by atoms with Crippen LogP contribution >= 0.6 is 15.9 Å². The van der Waals surface area contributed by atoms with Crippen molar-refractivity contribution in [3.05, 3.63) is 94.7 Å². The van der Waals surface area contributed by atoms with Crippen molar-refractivity contribution in [2.75, 3.05) is 6.61 Å². The predicted octanol–water partition coefficient (Wildman–Crippen LogP) is 4.13. The maximum Gasteiger partial charge on any atom is 0.258 e. The highest BCUT2D eigenvalue weighted by molar-refractivity contribution is 9.10. The van der Waals surface area contributed by atoms with Crippen LogP contribution in [0.2, 0.25) is 0 Å². The second-order valence-corrected chi connectivity index (χ2v) is 6.36. The Morgan fingerprint density at radius 3 is 2.40 bits per heavy atom. The van der Waals surface area contributed by atoms with E-state index in [2.05, 4.69) is 26.2 Å². The number of benzene rings is 2. The van der Waals surface area contributed by atoms with E-state index in [-0.39, 0.29) is 18.6 Å². The molecule has 0 radical (unpaired) electrons. The van der Waals surface area contributed by atoms with E-state index in [9.17, 15) is 4.79 Å². The molecule has 3 rings (SSSR count). The molecule has 0 unspecified atom stereocenters. The number of hydrogen-bond donors (Lipinski definition) is 1. The molecule has 126 valence electrons. The van der Waals surface area contributed by atoms with Gasteiger partial charge in [0, 0.05) is 16.9 Å². The number of nitrogens with one attached hydrogen (secondary N) is 1. The summed E-state index contributed by atoms with van der Waals surface area (Å²) in [5, 5.41) is 3.02. The fourth-order valence-electron chi connectivity index (χ4n) is 2.43. The molecule has 25 heavy (non-hydrogen) atoms. The molecule has 0 aliphatic rings. The van der Waals surface area contributed by atoms with Gasteiger partial charge in [0.2, 0.25) is 0 Å². The van der Waals surface area contributed by atoms with E-state index in [0.717, 1.165) is 15.6 Å². The lowest BCUT2D eigenvalue weighted by molar-refractivity contribution is -0.123. The Bertz CT molecular complexity index is 769. The Hall–Kier alpha value is -2.66. The van der Waals surface area contributed by atoms with Gasteiger partial charge in [0.25, 0.3) is 5.91 Å². The second kappa shape index (κ2) is 8.44. The summed E-state index contributed by atoms with van der Waals surface area (Å²) in [5.74, 6) is 0.455. The van der Waals surface area contributed by atoms with Crippen molar-refractivity contribution < 1.29 is 9.53 Å². The number of carbonyl (C=O) groups excluding carboxylic acids is 1. The molecule has 1 atom stereocenters. The summed E-state index contributed by atoms with van der Waals surface area (Å²) in [5.41, 5.74) is 1.91. The molecule has 0 spiro atoms. The average Bonchev–Trinajstić information content (AvgIpc) is 2.67. The van der Waals surface area contributed by atoms with Crippen molar-refractivity contribution in [1.82, 2.24) is 10.3 Å². The Kier molecular flexibility index (Phi) is 5.80. The third-order valence-corrected chi connectivity index (χ3v) is 4.17. The number of ether oxygens (including phenoxy) is 1. The number of aromatic nitrogens is 1. The third-order valence-electron chi connectivity index (χ3n) is 3.64. The lowest BCUT2D eigenvalue weighted by Crippen LogP contribution is -2.33. The summed E-state index contributed by atoms with van der Waals surface area (Å²) in [4.78, 5) is 16.5. The Balaban J connectivity index is 1.69. The highest BCUT2D eigenvalue weighted by Crippen LogP contribution is 2.21. The molecule has 4 nitrogen and oxygen atoms in total. The first-order valence-corrected chi connectivity index (χ1v) is 8.64. The molecule has 1 N–H and O–H groups in total. The van der Waals surface area contributed by atoms with Crippen LogP contribution in [0.3, 0.4) is 0 Å². The highest BCUT2D eigenvalue weighted by atomic mass is 79.9. The molecule has 1 heterocycles. The monoisotopic (exact) mass is 396 g/mol. The predicted molar refractivity (Wildman–Crippen MR) is 100 cm³/mol. The maximum atomic E-state index is 12.4. The van der Waals surface area contributed by atoms with Crippen molar-refractivity contribution in [3.8, 4) is 5.75 Å². The van der Waals surface area contributed by atoms with Crippen LogP contribution in [-0.4, -0.2) is 17.5 Å². The molecule has 5 heteroatoms. The van der Waals surface area contributed by atoms with Gasteiger partial charge in [-0.25, -0.2) is 0 Å². The van der Waals surface area contributed by atoms with Crippen molar-refractivity contribution in [2.45, 2.75) is 6.04 Å². The highest BCUT2D eigenvalue weighted by Gasteiger charge is 2.17. The van der Waals surface area contributed by atoms with E-state index < -0.39 is 0 Å². The zero-order valence-corrected chi connectivity index (χ0v) is 15.0. The summed E-state index contributed by atoms with van der Waals surface area (Å²) < 4.78 is 6.51. The molecular weight excluding hydrogens is 380 g/mol. The molecule has 0 bridgehead atoms. The van der Waals surface area contributed by atoms with Gasteiger partial charge in [0.1, 0.15) is 5.75 Å². The normalized spacial score (nSPS) is 11.6. The van der Waals surface area contributed by atoms with Gasteiger partial charge in [-0.2, -0.15) is 0 Å². The Morgan fingerprint density at radius 2 is 1.72 bits per heavy atom. The number of halogens is 1. The summed E-state index contributed by atoms with van der Waals surface area (Å²) >= 11 is 3.37. The van der Waals surface area contributed by atoms with Gasteiger partial charge in [0.15, 0.2) is 6.61 Å². The molecule has 1 aromatic heterocycles. The van der Waals surface area contributed by atoms with Gasteiger partial charge in [-0.15, -0.1) is 0 Å². The van der Waals surface area contributed by atoms with Crippen LogP contribution in [-0.2, 0) is 4.79 Å². The largest absolute Gasteiger partial charge is 0.484 e. The minimum Gasteiger partial charge on any atom is -0.484 e. The van der Waals surface area contributed by atoms with E-state index in [1.165, 1.54) is 0 Å². The minimum atomic E-state index is -0.268. The van der Waals surface area contributed by atoms with Gasteiger partial charge in [-0.1, -0.05) is 52.3 Å². The van der Waals surface area contributed by atoms with E-state index in [4.69, 9.17) is 4.74 Å². The van der Waals surface area contributed by atoms with Crippen LogP contribution in [0.25, 0.3) is 0 Å². The second-order valence-electron chi connectivity index (χ2n) is 5.44. The van der Waals surface area contributed by atoms with Crippen LogP contribution < -0.4 is 10.1 Å². The number of amides is 1. The van der Waals surface area contributed by atoms with Crippen LogP contribution in [0, 0.1) is 0 Å². The summed E-state index contributed by atoms with van der Waals surface area (Å²) in [6.45, 7) is -0.0504.